The van der Waals surface area contributed by atoms with Gasteiger partial charge in [-0.05, 0) is 43.1 Å². The summed E-state index contributed by atoms with van der Waals surface area (Å²) in [4.78, 5) is 0. The standard InChI is InChI=1S/C6H14S2.C4H8S/c1-7-5-3-4-6-8-2;1-3-4-5-2/h3-6H2,1-2H3;3H,1,4H2,2H3. The molecule has 3 heteroatoms. The highest BCUT2D eigenvalue weighted by molar-refractivity contribution is 7.99. The number of rotatable bonds is 7. The van der Waals surface area contributed by atoms with E-state index in [1.165, 1.54) is 24.3 Å². The molecule has 0 aromatic carbocycles. The van der Waals surface area contributed by atoms with Gasteiger partial charge in [-0.25, -0.2) is 0 Å². The fraction of sp³-hybridized carbons (Fsp3) is 0.800. The Hall–Kier alpha value is 0.790. The highest BCUT2D eigenvalue weighted by Crippen LogP contribution is 2.03. The zero-order chi connectivity index (χ0) is 10.4. The van der Waals surface area contributed by atoms with E-state index in [0.29, 0.717) is 0 Å². The van der Waals surface area contributed by atoms with E-state index in [1.807, 2.05) is 29.6 Å². The molecule has 0 saturated carbocycles. The van der Waals surface area contributed by atoms with Crippen LogP contribution in [0, 0.1) is 0 Å². The van der Waals surface area contributed by atoms with Crippen molar-refractivity contribution in [2.45, 2.75) is 12.8 Å². The molecule has 0 heterocycles. The maximum Gasteiger partial charge on any atom is 0.0107 e. The van der Waals surface area contributed by atoms with Crippen LogP contribution in [0.4, 0.5) is 0 Å². The Balaban J connectivity index is 0. The van der Waals surface area contributed by atoms with Gasteiger partial charge in [-0.15, -0.1) is 6.58 Å². The van der Waals surface area contributed by atoms with E-state index in [9.17, 15) is 0 Å². The first kappa shape index (κ1) is 16.2. The van der Waals surface area contributed by atoms with Gasteiger partial charge in [0.2, 0.25) is 0 Å². The third kappa shape index (κ3) is 24.5. The van der Waals surface area contributed by atoms with E-state index in [4.69, 9.17) is 0 Å². The Morgan fingerprint density at radius 3 is 1.54 bits per heavy atom. The smallest absolute Gasteiger partial charge is 0.0107 e. The Labute approximate surface area is 96.7 Å². The predicted octanol–water partition coefficient (Wildman–Crippen LogP) is 4.03. The van der Waals surface area contributed by atoms with Crippen LogP contribution in [0.1, 0.15) is 12.8 Å². The monoisotopic (exact) mass is 238 g/mol. The van der Waals surface area contributed by atoms with Crippen molar-refractivity contribution in [2.75, 3.05) is 36.0 Å². The number of thioether (sulfide) groups is 3. The molecule has 0 aromatic heterocycles. The summed E-state index contributed by atoms with van der Waals surface area (Å²) >= 11 is 5.67. The lowest BCUT2D eigenvalue weighted by Crippen LogP contribution is -1.80. The van der Waals surface area contributed by atoms with Gasteiger partial charge < -0.3 is 0 Å². The van der Waals surface area contributed by atoms with Crippen molar-refractivity contribution >= 4 is 35.3 Å². The van der Waals surface area contributed by atoms with Crippen LogP contribution in [-0.4, -0.2) is 36.0 Å². The second kappa shape index (κ2) is 18.5. The Kier molecular flexibility index (Phi) is 23.2. The van der Waals surface area contributed by atoms with Crippen molar-refractivity contribution in [2.24, 2.45) is 0 Å². The maximum atomic E-state index is 3.53. The molecule has 0 fully saturated rings. The van der Waals surface area contributed by atoms with Gasteiger partial charge in [0, 0.05) is 5.75 Å². The molecule has 0 radical (unpaired) electrons. The zero-order valence-corrected chi connectivity index (χ0v) is 11.5. The highest BCUT2D eigenvalue weighted by atomic mass is 32.2. The molecule has 0 aliphatic carbocycles. The average molecular weight is 238 g/mol. The molecule has 0 aliphatic rings. The molecule has 0 amide bonds. The zero-order valence-electron chi connectivity index (χ0n) is 9.04. The van der Waals surface area contributed by atoms with E-state index < -0.39 is 0 Å². The van der Waals surface area contributed by atoms with Gasteiger partial charge >= 0.3 is 0 Å². The maximum absolute atomic E-state index is 3.53. The minimum absolute atomic E-state index is 1.07. The number of hydrogen-bond acceptors (Lipinski definition) is 3. The second-order valence-corrected chi connectivity index (χ2v) is 5.32. The van der Waals surface area contributed by atoms with E-state index in [0.717, 1.165) is 5.75 Å². The van der Waals surface area contributed by atoms with Crippen molar-refractivity contribution in [1.29, 1.82) is 0 Å². The van der Waals surface area contributed by atoms with Crippen LogP contribution in [0.2, 0.25) is 0 Å². The van der Waals surface area contributed by atoms with Crippen LogP contribution < -0.4 is 0 Å². The van der Waals surface area contributed by atoms with Crippen LogP contribution in [0.25, 0.3) is 0 Å². The predicted molar refractivity (Wildman–Crippen MR) is 74.6 cm³/mol. The summed E-state index contributed by atoms with van der Waals surface area (Å²) < 4.78 is 0. The van der Waals surface area contributed by atoms with Gasteiger partial charge in [0.1, 0.15) is 0 Å². The summed E-state index contributed by atoms with van der Waals surface area (Å²) in [5.74, 6) is 3.74. The molecule has 0 N–H and O–H groups in total. The fourth-order valence-corrected chi connectivity index (χ4v) is 1.83. The summed E-state index contributed by atoms with van der Waals surface area (Å²) in [6.45, 7) is 3.53. The molecule has 80 valence electrons. The van der Waals surface area contributed by atoms with E-state index in [2.05, 4.69) is 25.3 Å². The number of unbranched alkanes of at least 4 members (excludes halogenated alkanes) is 1. The first-order valence-electron chi connectivity index (χ1n) is 4.41. The molecule has 0 rings (SSSR count). The lowest BCUT2D eigenvalue weighted by molar-refractivity contribution is 0.909. The van der Waals surface area contributed by atoms with Crippen molar-refractivity contribution in [3.63, 3.8) is 0 Å². The summed E-state index contributed by atoms with van der Waals surface area (Å²) in [6.07, 6.45) is 11.1. The molecule has 0 spiro atoms. The summed E-state index contributed by atoms with van der Waals surface area (Å²) in [5.41, 5.74) is 0. The minimum Gasteiger partial charge on any atom is -0.165 e. The third-order valence-electron chi connectivity index (χ3n) is 1.23. The van der Waals surface area contributed by atoms with E-state index in [1.54, 1.807) is 11.8 Å². The van der Waals surface area contributed by atoms with Gasteiger partial charge in [-0.1, -0.05) is 6.08 Å². The molecule has 13 heavy (non-hydrogen) atoms. The third-order valence-corrected chi connectivity index (χ3v) is 3.19. The lowest BCUT2D eigenvalue weighted by Gasteiger charge is -1.93. The van der Waals surface area contributed by atoms with Crippen LogP contribution >= 0.6 is 35.3 Å². The van der Waals surface area contributed by atoms with E-state index >= 15 is 0 Å². The summed E-state index contributed by atoms with van der Waals surface area (Å²) in [5, 5.41) is 0. The first-order valence-corrected chi connectivity index (χ1v) is 8.59. The van der Waals surface area contributed by atoms with Gasteiger partial charge in [0.15, 0.2) is 0 Å². The molecule has 0 bridgehead atoms. The lowest BCUT2D eigenvalue weighted by atomic mass is 10.4. The van der Waals surface area contributed by atoms with Crippen LogP contribution in [-0.2, 0) is 0 Å². The first-order chi connectivity index (χ1) is 6.33. The molecule has 0 unspecified atom stereocenters. The molecule has 0 atom stereocenters. The van der Waals surface area contributed by atoms with Gasteiger partial charge in [-0.3, -0.25) is 0 Å². The van der Waals surface area contributed by atoms with Crippen molar-refractivity contribution in [3.05, 3.63) is 12.7 Å². The SMILES string of the molecule is C=CCSC.CSCCCCSC. The van der Waals surface area contributed by atoms with Gasteiger partial charge in [0.25, 0.3) is 0 Å². The molecule has 0 saturated heterocycles. The van der Waals surface area contributed by atoms with E-state index in [-0.39, 0.29) is 0 Å². The highest BCUT2D eigenvalue weighted by Gasteiger charge is 1.83. The van der Waals surface area contributed by atoms with Crippen LogP contribution in [0.3, 0.4) is 0 Å². The summed E-state index contributed by atoms with van der Waals surface area (Å²) in [6, 6.07) is 0. The molecular formula is C10H22S3. The molecule has 0 aliphatic heterocycles. The molecule has 0 aromatic rings. The molecule has 0 nitrogen and oxygen atoms in total. The summed E-state index contributed by atoms with van der Waals surface area (Å²) in [7, 11) is 0. The average Bonchev–Trinajstić information content (AvgIpc) is 2.15. The number of hydrogen-bond donors (Lipinski definition) is 0. The Morgan fingerprint density at radius 2 is 1.38 bits per heavy atom. The minimum atomic E-state index is 1.07. The van der Waals surface area contributed by atoms with Crippen molar-refractivity contribution in [1.82, 2.24) is 0 Å². The Morgan fingerprint density at radius 1 is 0.923 bits per heavy atom. The topological polar surface area (TPSA) is 0 Å². The largest absolute Gasteiger partial charge is 0.165 e. The quantitative estimate of drug-likeness (QED) is 0.485. The van der Waals surface area contributed by atoms with Gasteiger partial charge in [0.05, 0.1) is 0 Å². The second-order valence-electron chi connectivity index (χ2n) is 2.44. The fourth-order valence-electron chi connectivity index (χ4n) is 0.611. The van der Waals surface area contributed by atoms with Crippen molar-refractivity contribution < 1.29 is 0 Å². The molecular weight excluding hydrogens is 216 g/mol. The van der Waals surface area contributed by atoms with Crippen LogP contribution in [0.5, 0.6) is 0 Å². The van der Waals surface area contributed by atoms with Crippen LogP contribution in [0.15, 0.2) is 12.7 Å². The Bertz CT molecular complexity index is 78.2. The van der Waals surface area contributed by atoms with Gasteiger partial charge in [-0.2, -0.15) is 35.3 Å². The van der Waals surface area contributed by atoms with Crippen molar-refractivity contribution in [3.8, 4) is 0 Å². The normalized spacial score (nSPS) is 8.85.